The molecule has 0 spiro atoms. The molecule has 15 heavy (non-hydrogen) atoms. The summed E-state index contributed by atoms with van der Waals surface area (Å²) in [5, 5.41) is 10.7. The molecule has 0 fully saturated rings. The number of rotatable bonds is 4. The van der Waals surface area contributed by atoms with Crippen molar-refractivity contribution in [3.8, 4) is 0 Å². The molecule has 2 unspecified atom stereocenters. The number of aliphatic hydroxyl groups excluding tert-OH is 1. The van der Waals surface area contributed by atoms with Gasteiger partial charge in [0.15, 0.2) is 0 Å². The Morgan fingerprint density at radius 2 is 1.80 bits per heavy atom. The second-order valence-electron chi connectivity index (χ2n) is 4.13. The first-order valence-electron chi connectivity index (χ1n) is 5.20. The van der Waals surface area contributed by atoms with Crippen molar-refractivity contribution in [2.75, 3.05) is 6.54 Å². The number of aliphatic hydroxyl groups is 1. The van der Waals surface area contributed by atoms with E-state index in [0.717, 1.165) is 5.56 Å². The highest BCUT2D eigenvalue weighted by Gasteiger charge is 2.22. The lowest BCUT2D eigenvalue weighted by Crippen LogP contribution is -2.29. The molecule has 0 radical (unpaired) electrons. The average molecular weight is 228 g/mol. The van der Waals surface area contributed by atoms with Gasteiger partial charge >= 0.3 is 0 Å². The third-order valence-electron chi connectivity index (χ3n) is 2.65. The summed E-state index contributed by atoms with van der Waals surface area (Å²) in [6.45, 7) is 4.42. The molecule has 0 amide bonds. The molecule has 2 atom stereocenters. The standard InChI is InChI=1S/C12H18ClNO/c1-8(2)12(15)11(7-14)9-3-5-10(13)6-4-9/h3-6,8,11-12,15H,7,14H2,1-2H3. The van der Waals surface area contributed by atoms with Crippen molar-refractivity contribution in [1.29, 1.82) is 0 Å². The maximum atomic E-state index is 10.00. The largest absolute Gasteiger partial charge is 0.392 e. The fourth-order valence-corrected chi connectivity index (χ4v) is 1.77. The Hall–Kier alpha value is -0.570. The minimum atomic E-state index is -0.406. The van der Waals surface area contributed by atoms with E-state index in [0.29, 0.717) is 11.6 Å². The molecular weight excluding hydrogens is 210 g/mol. The second-order valence-corrected chi connectivity index (χ2v) is 4.56. The quantitative estimate of drug-likeness (QED) is 0.830. The monoisotopic (exact) mass is 227 g/mol. The van der Waals surface area contributed by atoms with E-state index < -0.39 is 6.10 Å². The van der Waals surface area contributed by atoms with Crippen molar-refractivity contribution in [2.24, 2.45) is 11.7 Å². The predicted molar refractivity (Wildman–Crippen MR) is 64.1 cm³/mol. The molecule has 0 aliphatic rings. The number of hydrogen-bond donors (Lipinski definition) is 2. The number of nitrogens with two attached hydrogens (primary N) is 1. The highest BCUT2D eigenvalue weighted by molar-refractivity contribution is 6.30. The van der Waals surface area contributed by atoms with Crippen molar-refractivity contribution < 1.29 is 5.11 Å². The molecule has 2 nitrogen and oxygen atoms in total. The van der Waals surface area contributed by atoms with Gasteiger partial charge < -0.3 is 10.8 Å². The van der Waals surface area contributed by atoms with Gasteiger partial charge in [-0.1, -0.05) is 37.6 Å². The minimum Gasteiger partial charge on any atom is -0.392 e. The van der Waals surface area contributed by atoms with E-state index in [1.807, 2.05) is 38.1 Å². The lowest BCUT2D eigenvalue weighted by Gasteiger charge is -2.24. The van der Waals surface area contributed by atoms with Gasteiger partial charge in [0.05, 0.1) is 6.10 Å². The number of benzene rings is 1. The van der Waals surface area contributed by atoms with Gasteiger partial charge in [-0.2, -0.15) is 0 Å². The van der Waals surface area contributed by atoms with Crippen LogP contribution in [0, 0.1) is 5.92 Å². The van der Waals surface area contributed by atoms with Gasteiger partial charge in [-0.25, -0.2) is 0 Å². The summed E-state index contributed by atoms with van der Waals surface area (Å²) in [6.07, 6.45) is -0.406. The number of halogens is 1. The summed E-state index contributed by atoms with van der Waals surface area (Å²) in [6, 6.07) is 7.50. The normalized spacial score (nSPS) is 15.3. The van der Waals surface area contributed by atoms with Gasteiger partial charge in [-0.15, -0.1) is 0 Å². The Morgan fingerprint density at radius 1 is 1.27 bits per heavy atom. The Kier molecular flexibility index (Phi) is 4.58. The van der Waals surface area contributed by atoms with Crippen LogP contribution < -0.4 is 5.73 Å². The zero-order valence-corrected chi connectivity index (χ0v) is 9.91. The van der Waals surface area contributed by atoms with Crippen LogP contribution in [0.5, 0.6) is 0 Å². The average Bonchev–Trinajstić information content (AvgIpc) is 2.21. The molecule has 3 heteroatoms. The molecule has 0 saturated heterocycles. The van der Waals surface area contributed by atoms with Crippen molar-refractivity contribution in [1.82, 2.24) is 0 Å². The van der Waals surface area contributed by atoms with Crippen LogP contribution in [-0.2, 0) is 0 Å². The van der Waals surface area contributed by atoms with E-state index in [2.05, 4.69) is 0 Å². The lowest BCUT2D eigenvalue weighted by molar-refractivity contribution is 0.0985. The smallest absolute Gasteiger partial charge is 0.0643 e. The van der Waals surface area contributed by atoms with Crippen LogP contribution >= 0.6 is 11.6 Å². The Bertz CT molecular complexity index is 297. The first kappa shape index (κ1) is 12.5. The predicted octanol–water partition coefficient (Wildman–Crippen LogP) is 2.40. The van der Waals surface area contributed by atoms with E-state index in [1.165, 1.54) is 0 Å². The molecule has 1 aromatic carbocycles. The summed E-state index contributed by atoms with van der Waals surface area (Å²) in [5.41, 5.74) is 6.73. The zero-order valence-electron chi connectivity index (χ0n) is 9.15. The Labute approximate surface area is 96.1 Å². The maximum Gasteiger partial charge on any atom is 0.0643 e. The third-order valence-corrected chi connectivity index (χ3v) is 2.90. The van der Waals surface area contributed by atoms with Gasteiger partial charge in [0, 0.05) is 17.5 Å². The van der Waals surface area contributed by atoms with Gasteiger partial charge in [-0.3, -0.25) is 0 Å². The van der Waals surface area contributed by atoms with Crippen LogP contribution in [0.1, 0.15) is 25.3 Å². The maximum absolute atomic E-state index is 10.00. The topological polar surface area (TPSA) is 46.2 Å². The van der Waals surface area contributed by atoms with E-state index >= 15 is 0 Å². The summed E-state index contributed by atoms with van der Waals surface area (Å²) in [4.78, 5) is 0. The molecule has 84 valence electrons. The van der Waals surface area contributed by atoms with Crippen molar-refractivity contribution in [2.45, 2.75) is 25.9 Å². The molecule has 0 aliphatic heterocycles. The summed E-state index contributed by atoms with van der Waals surface area (Å²) >= 11 is 5.81. The van der Waals surface area contributed by atoms with E-state index in [4.69, 9.17) is 17.3 Å². The van der Waals surface area contributed by atoms with Crippen LogP contribution in [0.25, 0.3) is 0 Å². The molecular formula is C12H18ClNO. The first-order chi connectivity index (χ1) is 7.06. The van der Waals surface area contributed by atoms with Gasteiger partial charge in [-0.05, 0) is 23.6 Å². The highest BCUT2D eigenvalue weighted by atomic mass is 35.5. The van der Waals surface area contributed by atoms with Crippen LogP contribution in [0.3, 0.4) is 0 Å². The Morgan fingerprint density at radius 3 is 2.20 bits per heavy atom. The SMILES string of the molecule is CC(C)C(O)C(CN)c1ccc(Cl)cc1. The summed E-state index contributed by atoms with van der Waals surface area (Å²) < 4.78 is 0. The molecule has 0 saturated carbocycles. The van der Waals surface area contributed by atoms with Crippen LogP contribution in [0.4, 0.5) is 0 Å². The van der Waals surface area contributed by atoms with Crippen molar-refractivity contribution >= 4 is 11.6 Å². The van der Waals surface area contributed by atoms with Crippen molar-refractivity contribution in [3.05, 3.63) is 34.9 Å². The van der Waals surface area contributed by atoms with Gasteiger partial charge in [0.2, 0.25) is 0 Å². The lowest BCUT2D eigenvalue weighted by atomic mass is 9.87. The number of hydrogen-bond acceptors (Lipinski definition) is 2. The van der Waals surface area contributed by atoms with Crippen LogP contribution in [-0.4, -0.2) is 17.8 Å². The molecule has 0 aliphatic carbocycles. The third kappa shape index (κ3) is 3.20. The van der Waals surface area contributed by atoms with Crippen LogP contribution in [0.2, 0.25) is 5.02 Å². The Balaban J connectivity index is 2.87. The fraction of sp³-hybridized carbons (Fsp3) is 0.500. The molecule has 0 heterocycles. The van der Waals surface area contributed by atoms with Crippen LogP contribution in [0.15, 0.2) is 24.3 Å². The minimum absolute atomic E-state index is 0.0118. The first-order valence-corrected chi connectivity index (χ1v) is 5.57. The molecule has 0 aromatic heterocycles. The summed E-state index contributed by atoms with van der Waals surface area (Å²) in [7, 11) is 0. The second kappa shape index (κ2) is 5.50. The molecule has 0 bridgehead atoms. The fourth-order valence-electron chi connectivity index (χ4n) is 1.65. The van der Waals surface area contributed by atoms with E-state index in [1.54, 1.807) is 0 Å². The molecule has 1 rings (SSSR count). The summed E-state index contributed by atoms with van der Waals surface area (Å²) in [5.74, 6) is 0.191. The van der Waals surface area contributed by atoms with Crippen molar-refractivity contribution in [3.63, 3.8) is 0 Å². The van der Waals surface area contributed by atoms with Gasteiger partial charge in [0.25, 0.3) is 0 Å². The molecule has 1 aromatic rings. The van der Waals surface area contributed by atoms with E-state index in [-0.39, 0.29) is 11.8 Å². The highest BCUT2D eigenvalue weighted by Crippen LogP contribution is 2.24. The van der Waals surface area contributed by atoms with Gasteiger partial charge in [0.1, 0.15) is 0 Å². The van der Waals surface area contributed by atoms with E-state index in [9.17, 15) is 5.11 Å². The molecule has 3 N–H and O–H groups in total. The zero-order chi connectivity index (χ0) is 11.4.